The minimum Gasteiger partial charge on any atom is -0.455 e. The van der Waals surface area contributed by atoms with Gasteiger partial charge in [0.1, 0.15) is 23.2 Å². The lowest BCUT2D eigenvalue weighted by molar-refractivity contribution is 0.660. The molecule has 0 aliphatic carbocycles. The molecule has 1 atom stereocenters. The maximum atomic E-state index is 6.75. The summed E-state index contributed by atoms with van der Waals surface area (Å²) in [4.78, 5) is 10.6. The van der Waals surface area contributed by atoms with Gasteiger partial charge >= 0.3 is 0 Å². The van der Waals surface area contributed by atoms with Crippen LogP contribution in [0.2, 0.25) is 0 Å². The van der Waals surface area contributed by atoms with E-state index in [-0.39, 0.29) is 0 Å². The molecule has 2 aromatic heterocycles. The van der Waals surface area contributed by atoms with Crippen LogP contribution in [0.4, 0.5) is 0 Å². The van der Waals surface area contributed by atoms with Gasteiger partial charge < -0.3 is 14.3 Å². The predicted molar refractivity (Wildman–Crippen MR) is 232 cm³/mol. The van der Waals surface area contributed by atoms with E-state index in [9.17, 15) is 0 Å². The van der Waals surface area contributed by atoms with Crippen LogP contribution < -0.4 is 5.32 Å². The third-order valence-electron chi connectivity index (χ3n) is 11.4. The van der Waals surface area contributed by atoms with Gasteiger partial charge in [0.25, 0.3) is 0 Å². The lowest BCUT2D eigenvalue weighted by atomic mass is 9.99. The molecule has 0 radical (unpaired) electrons. The van der Waals surface area contributed by atoms with E-state index in [1.807, 2.05) is 30.3 Å². The van der Waals surface area contributed by atoms with E-state index < -0.39 is 6.17 Å². The fraction of sp³-hybridized carbons (Fsp3) is 0.0196. The van der Waals surface area contributed by atoms with Crippen LogP contribution >= 0.6 is 0 Å². The van der Waals surface area contributed by atoms with Crippen molar-refractivity contribution in [2.75, 3.05) is 0 Å². The third-order valence-corrected chi connectivity index (χ3v) is 11.4. The van der Waals surface area contributed by atoms with E-state index in [2.05, 4.69) is 162 Å². The molecule has 5 nitrogen and oxygen atoms in total. The Morgan fingerprint density at radius 3 is 2.05 bits per heavy atom. The van der Waals surface area contributed by atoms with Crippen molar-refractivity contribution in [1.82, 2.24) is 9.88 Å². The molecule has 5 heteroatoms. The monoisotopic (exact) mass is 716 g/mol. The first-order valence-corrected chi connectivity index (χ1v) is 19.0. The van der Waals surface area contributed by atoms with Crippen LogP contribution in [0.1, 0.15) is 22.9 Å². The van der Waals surface area contributed by atoms with E-state index in [1.54, 1.807) is 0 Å². The molecular formula is C51H32N4O. The number of nitrogens with zero attached hydrogens (tertiary/aromatic N) is 3. The van der Waals surface area contributed by atoms with E-state index in [4.69, 9.17) is 14.4 Å². The quantitative estimate of drug-likeness (QED) is 0.184. The highest BCUT2D eigenvalue weighted by Crippen LogP contribution is 2.39. The average molecular weight is 717 g/mol. The summed E-state index contributed by atoms with van der Waals surface area (Å²) in [7, 11) is 0. The fourth-order valence-electron chi connectivity index (χ4n) is 8.72. The lowest BCUT2D eigenvalue weighted by Gasteiger charge is -2.24. The zero-order valence-corrected chi connectivity index (χ0v) is 30.1. The highest BCUT2D eigenvalue weighted by molar-refractivity contribution is 6.21. The first-order chi connectivity index (χ1) is 27.7. The Morgan fingerprint density at radius 1 is 0.482 bits per heavy atom. The summed E-state index contributed by atoms with van der Waals surface area (Å²) in [6, 6.07) is 64.6. The van der Waals surface area contributed by atoms with Crippen molar-refractivity contribution in [2.24, 2.45) is 9.98 Å². The number of aliphatic imine (C=N–C) groups is 2. The molecule has 0 fully saturated rings. The lowest BCUT2D eigenvalue weighted by Crippen LogP contribution is -2.33. The Balaban J connectivity index is 1.10. The molecule has 9 aromatic carbocycles. The number of hydrogen-bond donors (Lipinski definition) is 1. The molecule has 0 saturated carbocycles. The molecule has 0 bridgehead atoms. The van der Waals surface area contributed by atoms with E-state index in [0.717, 1.165) is 55.3 Å². The SMILES string of the molecule is c1ccc(C2=NC(c3ccc4c(ccc5ccccc54)c3)NC(c3cc(-n4c5ccccc5c5cc6ccccc6cc54)cc4c3oc3ccccc34)=N2)cc1. The first-order valence-electron chi connectivity index (χ1n) is 19.0. The van der Waals surface area contributed by atoms with Gasteiger partial charge in [-0.05, 0) is 80.3 Å². The number of hydrogen-bond acceptors (Lipinski definition) is 4. The summed E-state index contributed by atoms with van der Waals surface area (Å²) in [5, 5.41) is 15.6. The highest BCUT2D eigenvalue weighted by atomic mass is 16.3. The van der Waals surface area contributed by atoms with E-state index in [1.165, 1.54) is 43.1 Å². The van der Waals surface area contributed by atoms with Crippen molar-refractivity contribution in [2.45, 2.75) is 6.17 Å². The Bertz CT molecular complexity index is 3460. The summed E-state index contributed by atoms with van der Waals surface area (Å²) in [5.41, 5.74) is 7.82. The largest absolute Gasteiger partial charge is 0.455 e. The number of fused-ring (bicyclic) bond motifs is 10. The van der Waals surface area contributed by atoms with Gasteiger partial charge in [-0.15, -0.1) is 0 Å². The predicted octanol–water partition coefficient (Wildman–Crippen LogP) is 12.6. The number of amidine groups is 2. The average Bonchev–Trinajstić information content (AvgIpc) is 3.80. The van der Waals surface area contributed by atoms with Crippen LogP contribution in [0.5, 0.6) is 0 Å². The van der Waals surface area contributed by atoms with Gasteiger partial charge in [0.2, 0.25) is 0 Å². The highest BCUT2D eigenvalue weighted by Gasteiger charge is 2.26. The molecule has 56 heavy (non-hydrogen) atoms. The van der Waals surface area contributed by atoms with Crippen molar-refractivity contribution >= 4 is 87.7 Å². The van der Waals surface area contributed by atoms with Crippen LogP contribution in [-0.2, 0) is 0 Å². The maximum absolute atomic E-state index is 6.75. The molecule has 0 spiro atoms. The van der Waals surface area contributed by atoms with Crippen LogP contribution in [0.25, 0.3) is 81.7 Å². The molecule has 0 saturated heterocycles. The van der Waals surface area contributed by atoms with Crippen molar-refractivity contribution in [3.63, 3.8) is 0 Å². The van der Waals surface area contributed by atoms with Gasteiger partial charge in [-0.3, -0.25) is 0 Å². The molecule has 0 amide bonds. The minimum absolute atomic E-state index is 0.392. The Hall–Kier alpha value is -7.50. The molecule has 1 N–H and O–H groups in total. The van der Waals surface area contributed by atoms with Crippen LogP contribution in [-0.4, -0.2) is 16.2 Å². The Labute approximate surface area is 321 Å². The second-order valence-electron chi connectivity index (χ2n) is 14.6. The number of nitrogens with one attached hydrogen (secondary N) is 1. The zero-order chi connectivity index (χ0) is 36.7. The van der Waals surface area contributed by atoms with Crippen molar-refractivity contribution in [3.05, 3.63) is 199 Å². The fourth-order valence-corrected chi connectivity index (χ4v) is 8.72. The number of rotatable bonds is 4. The van der Waals surface area contributed by atoms with Gasteiger partial charge in [-0.1, -0.05) is 140 Å². The van der Waals surface area contributed by atoms with Gasteiger partial charge in [-0.2, -0.15) is 0 Å². The molecule has 1 aliphatic heterocycles. The molecule has 262 valence electrons. The molecule has 11 aromatic rings. The van der Waals surface area contributed by atoms with Gasteiger partial charge in [0.05, 0.1) is 16.6 Å². The van der Waals surface area contributed by atoms with Crippen molar-refractivity contribution in [3.8, 4) is 5.69 Å². The summed E-state index contributed by atoms with van der Waals surface area (Å²) in [6.07, 6.45) is -0.392. The number of furan rings is 1. The summed E-state index contributed by atoms with van der Waals surface area (Å²) >= 11 is 0. The second kappa shape index (κ2) is 12.0. The van der Waals surface area contributed by atoms with Gasteiger partial charge in [0, 0.05) is 32.8 Å². The topological polar surface area (TPSA) is 54.8 Å². The van der Waals surface area contributed by atoms with Gasteiger partial charge in [-0.25, -0.2) is 9.98 Å². The van der Waals surface area contributed by atoms with Crippen LogP contribution in [0, 0.1) is 0 Å². The van der Waals surface area contributed by atoms with Crippen molar-refractivity contribution < 1.29 is 4.42 Å². The normalized spacial score (nSPS) is 14.6. The number of para-hydroxylation sites is 2. The summed E-state index contributed by atoms with van der Waals surface area (Å²) in [5.74, 6) is 1.38. The van der Waals surface area contributed by atoms with E-state index in [0.29, 0.717) is 11.7 Å². The smallest absolute Gasteiger partial charge is 0.159 e. The van der Waals surface area contributed by atoms with Crippen LogP contribution in [0.3, 0.4) is 0 Å². The zero-order valence-electron chi connectivity index (χ0n) is 30.1. The maximum Gasteiger partial charge on any atom is 0.159 e. The molecule has 12 rings (SSSR count). The first kappa shape index (κ1) is 30.9. The Kier molecular flexibility index (Phi) is 6.63. The van der Waals surface area contributed by atoms with E-state index >= 15 is 0 Å². The summed E-state index contributed by atoms with van der Waals surface area (Å²) < 4.78 is 9.14. The standard InChI is InChI=1S/C51H32N4O/c1-2-13-32(14-3-1)49-52-50(36-24-25-39-35(26-36)23-22-31-12-6-7-17-38(31)39)54-51(53-49)44-30-37(29-43-41-19-9-11-21-47(41)56-48(43)44)55-45-20-10-8-18-40(45)42-27-33-15-4-5-16-34(33)28-46(42)55/h1-30,50H,(H,52,53,54). The molecule has 3 heterocycles. The Morgan fingerprint density at radius 2 is 1.18 bits per heavy atom. The van der Waals surface area contributed by atoms with Crippen molar-refractivity contribution in [1.29, 1.82) is 0 Å². The minimum atomic E-state index is -0.392. The summed E-state index contributed by atoms with van der Waals surface area (Å²) in [6.45, 7) is 0. The molecular weight excluding hydrogens is 685 g/mol. The van der Waals surface area contributed by atoms with Crippen LogP contribution in [0.15, 0.2) is 196 Å². The third kappa shape index (κ3) is 4.74. The number of benzene rings is 9. The molecule has 1 aliphatic rings. The van der Waals surface area contributed by atoms with Gasteiger partial charge in [0.15, 0.2) is 5.84 Å². The number of aromatic nitrogens is 1. The second-order valence-corrected chi connectivity index (χ2v) is 14.6. The molecule has 1 unspecified atom stereocenters.